The molecule has 0 aliphatic carbocycles. The van der Waals surface area contributed by atoms with Crippen molar-refractivity contribution < 1.29 is 19.1 Å². The number of amides is 1. The molecule has 3 rings (SSSR count). The first-order valence-corrected chi connectivity index (χ1v) is 9.06. The number of carbonyl (C=O) groups excluding carboxylic acids is 1. The molecule has 0 saturated carbocycles. The third-order valence-corrected chi connectivity index (χ3v) is 4.61. The maximum absolute atomic E-state index is 14.1. The number of hydrogen-bond acceptors (Lipinski definition) is 5. The Morgan fingerprint density at radius 3 is 2.64 bits per heavy atom. The van der Waals surface area contributed by atoms with E-state index in [9.17, 15) is 9.18 Å². The van der Waals surface area contributed by atoms with Crippen molar-refractivity contribution in [1.82, 2.24) is 9.88 Å². The number of carbonyl (C=O) groups is 2. The fraction of sp³-hybridized carbons (Fsp3) is 0.263. The lowest BCUT2D eigenvalue weighted by molar-refractivity contribution is -0.134. The van der Waals surface area contributed by atoms with Crippen LogP contribution in [0.3, 0.4) is 0 Å². The van der Waals surface area contributed by atoms with Crippen LogP contribution in [0.4, 0.5) is 4.39 Å². The molecule has 1 unspecified atom stereocenters. The molecule has 1 aromatic carbocycles. The van der Waals surface area contributed by atoms with Crippen LogP contribution in [0.25, 0.3) is 11.1 Å². The first kappa shape index (κ1) is 21.5. The van der Waals surface area contributed by atoms with Gasteiger partial charge in [-0.2, -0.15) is 4.39 Å². The van der Waals surface area contributed by atoms with E-state index in [-0.39, 0.29) is 18.3 Å². The summed E-state index contributed by atoms with van der Waals surface area (Å²) in [5, 5.41) is 7.42. The molecule has 0 spiro atoms. The highest BCUT2D eigenvalue weighted by Gasteiger charge is 2.36. The van der Waals surface area contributed by atoms with Crippen molar-refractivity contribution in [2.75, 3.05) is 7.05 Å². The third-order valence-electron chi connectivity index (χ3n) is 4.18. The van der Waals surface area contributed by atoms with Gasteiger partial charge in [-0.25, -0.2) is 9.98 Å². The average Bonchev–Trinajstić information content (AvgIpc) is 2.61. The van der Waals surface area contributed by atoms with Crippen molar-refractivity contribution >= 4 is 33.8 Å². The van der Waals surface area contributed by atoms with Crippen LogP contribution in [0.5, 0.6) is 0 Å². The lowest BCUT2D eigenvalue weighted by Gasteiger charge is -2.33. The summed E-state index contributed by atoms with van der Waals surface area (Å²) in [6, 6.07) is 8.96. The highest BCUT2D eigenvalue weighted by molar-refractivity contribution is 9.10. The molecule has 0 saturated heterocycles. The number of hydrogen-bond donors (Lipinski definition) is 2. The molecule has 9 heteroatoms. The number of aromatic nitrogens is 1. The number of pyridine rings is 1. The number of carboxylic acids is 1. The van der Waals surface area contributed by atoms with Gasteiger partial charge in [0.1, 0.15) is 0 Å². The molecule has 7 nitrogen and oxygen atoms in total. The molecule has 1 aliphatic heterocycles. The van der Waals surface area contributed by atoms with Crippen molar-refractivity contribution in [3.8, 4) is 11.1 Å². The quantitative estimate of drug-likeness (QED) is 0.682. The molecule has 2 heterocycles. The van der Waals surface area contributed by atoms with E-state index in [1.807, 2.05) is 25.1 Å². The van der Waals surface area contributed by atoms with E-state index in [2.05, 4.69) is 25.9 Å². The van der Waals surface area contributed by atoms with Crippen LogP contribution in [-0.4, -0.2) is 39.9 Å². The second kappa shape index (κ2) is 8.47. The van der Waals surface area contributed by atoms with Gasteiger partial charge in [0, 0.05) is 30.2 Å². The molecule has 2 aromatic rings. The number of halogens is 2. The lowest BCUT2D eigenvalue weighted by Crippen LogP contribution is -2.47. The van der Waals surface area contributed by atoms with Crippen molar-refractivity contribution in [2.45, 2.75) is 25.8 Å². The number of nitrogens with two attached hydrogens (primary N) is 1. The molecule has 148 valence electrons. The SMILES string of the molecule is CC(=O)O.CN1C(=O)CC(C)(c2cccc(-c3cc(Br)cnc3F)c2)N=C1N. The van der Waals surface area contributed by atoms with E-state index in [1.165, 1.54) is 11.1 Å². The van der Waals surface area contributed by atoms with Gasteiger partial charge in [-0.05, 0) is 46.1 Å². The highest BCUT2D eigenvalue weighted by Crippen LogP contribution is 2.35. The van der Waals surface area contributed by atoms with E-state index in [0.717, 1.165) is 12.5 Å². The predicted octanol–water partition coefficient (Wildman–Crippen LogP) is 3.13. The Morgan fingerprint density at radius 1 is 1.39 bits per heavy atom. The van der Waals surface area contributed by atoms with Crippen LogP contribution in [0, 0.1) is 5.95 Å². The smallest absolute Gasteiger partial charge is 0.300 e. The molecule has 3 N–H and O–H groups in total. The van der Waals surface area contributed by atoms with Crippen LogP contribution in [-0.2, 0) is 15.1 Å². The van der Waals surface area contributed by atoms with Gasteiger partial charge in [-0.15, -0.1) is 0 Å². The van der Waals surface area contributed by atoms with E-state index >= 15 is 0 Å². The number of benzene rings is 1. The number of nitrogens with zero attached hydrogens (tertiary/aromatic N) is 3. The summed E-state index contributed by atoms with van der Waals surface area (Å²) in [5.41, 5.74) is 6.92. The first-order valence-electron chi connectivity index (χ1n) is 8.27. The topological polar surface area (TPSA) is 109 Å². The lowest BCUT2D eigenvalue weighted by atomic mass is 9.86. The standard InChI is InChI=1S/C17H16BrFN4O.C2H4O2/c1-17(8-14(24)23(2)16(20)22-17)11-5-3-4-10(6-11)13-7-12(18)9-21-15(13)19;1-2(3)4/h3-7,9H,8H2,1-2H3,(H2,20,22);1H3,(H,3,4). The summed E-state index contributed by atoms with van der Waals surface area (Å²) in [5.74, 6) is -1.32. The number of aliphatic imine (C=N–C) groups is 1. The average molecular weight is 451 g/mol. The van der Waals surface area contributed by atoms with E-state index in [0.29, 0.717) is 15.6 Å². The van der Waals surface area contributed by atoms with E-state index in [4.69, 9.17) is 15.6 Å². The van der Waals surface area contributed by atoms with Gasteiger partial charge in [-0.1, -0.05) is 18.2 Å². The third kappa shape index (κ3) is 4.92. The van der Waals surface area contributed by atoms with E-state index < -0.39 is 17.5 Å². The molecule has 1 amide bonds. The maximum Gasteiger partial charge on any atom is 0.300 e. The van der Waals surface area contributed by atoms with Gasteiger partial charge in [0.15, 0.2) is 5.96 Å². The van der Waals surface area contributed by atoms with Crippen LogP contribution in [0.1, 0.15) is 25.8 Å². The zero-order chi connectivity index (χ0) is 21.1. The van der Waals surface area contributed by atoms with Gasteiger partial charge in [-0.3, -0.25) is 14.5 Å². The minimum Gasteiger partial charge on any atom is -0.481 e. The van der Waals surface area contributed by atoms with Gasteiger partial charge in [0.05, 0.1) is 12.0 Å². The Kier molecular flexibility index (Phi) is 6.50. The summed E-state index contributed by atoms with van der Waals surface area (Å²) < 4.78 is 14.7. The molecule has 0 radical (unpaired) electrons. The number of guanidine groups is 1. The summed E-state index contributed by atoms with van der Waals surface area (Å²) in [7, 11) is 1.60. The number of aliphatic carboxylic acids is 1. The molecule has 1 atom stereocenters. The molecule has 1 aromatic heterocycles. The maximum atomic E-state index is 14.1. The summed E-state index contributed by atoms with van der Waals surface area (Å²) >= 11 is 3.30. The van der Waals surface area contributed by atoms with Crippen LogP contribution >= 0.6 is 15.9 Å². The van der Waals surface area contributed by atoms with Crippen LogP contribution in [0.2, 0.25) is 0 Å². The second-order valence-corrected chi connectivity index (χ2v) is 7.38. The molecule has 0 bridgehead atoms. The van der Waals surface area contributed by atoms with Crippen molar-refractivity contribution in [3.63, 3.8) is 0 Å². The Hall–Kier alpha value is -2.81. The largest absolute Gasteiger partial charge is 0.481 e. The van der Waals surface area contributed by atoms with Gasteiger partial charge < -0.3 is 10.8 Å². The highest BCUT2D eigenvalue weighted by atomic mass is 79.9. The van der Waals surface area contributed by atoms with Gasteiger partial charge in [0.25, 0.3) is 5.97 Å². The van der Waals surface area contributed by atoms with Crippen molar-refractivity contribution in [1.29, 1.82) is 0 Å². The fourth-order valence-corrected chi connectivity index (χ4v) is 3.05. The fourth-order valence-electron chi connectivity index (χ4n) is 2.72. The predicted molar refractivity (Wildman–Crippen MR) is 107 cm³/mol. The Morgan fingerprint density at radius 2 is 2.04 bits per heavy atom. The van der Waals surface area contributed by atoms with Gasteiger partial charge in [0.2, 0.25) is 11.9 Å². The van der Waals surface area contributed by atoms with Gasteiger partial charge >= 0.3 is 0 Å². The Labute approximate surface area is 170 Å². The monoisotopic (exact) mass is 450 g/mol. The first-order chi connectivity index (χ1) is 13.0. The zero-order valence-electron chi connectivity index (χ0n) is 15.6. The minimum atomic E-state index is -0.833. The molecular formula is C19H20BrFN4O3. The Balaban J connectivity index is 0.000000640. The van der Waals surface area contributed by atoms with Crippen molar-refractivity contribution in [2.24, 2.45) is 10.7 Å². The number of rotatable bonds is 2. The second-order valence-electron chi connectivity index (χ2n) is 6.47. The molecular weight excluding hydrogens is 431 g/mol. The molecule has 1 aliphatic rings. The summed E-state index contributed by atoms with van der Waals surface area (Å²) in [6.07, 6.45) is 1.61. The minimum absolute atomic E-state index is 0.106. The molecule has 0 fully saturated rings. The Bertz CT molecular complexity index is 947. The summed E-state index contributed by atoms with van der Waals surface area (Å²) in [6.45, 7) is 2.93. The van der Waals surface area contributed by atoms with Crippen LogP contribution < -0.4 is 5.73 Å². The zero-order valence-corrected chi connectivity index (χ0v) is 17.2. The molecule has 28 heavy (non-hydrogen) atoms. The normalized spacial score (nSPS) is 18.8. The summed E-state index contributed by atoms with van der Waals surface area (Å²) in [4.78, 5) is 30.7. The van der Waals surface area contributed by atoms with Crippen molar-refractivity contribution in [3.05, 3.63) is 52.5 Å². The van der Waals surface area contributed by atoms with E-state index in [1.54, 1.807) is 19.2 Å². The van der Waals surface area contributed by atoms with Crippen LogP contribution in [0.15, 0.2) is 46.0 Å². The number of carboxylic acid groups (broad SMARTS) is 1.